The quantitative estimate of drug-likeness (QED) is 0.248. The molecule has 1 N–H and O–H groups in total. The number of hydrogen-bond acceptors (Lipinski definition) is 6. The van der Waals surface area contributed by atoms with Crippen molar-refractivity contribution in [2.24, 2.45) is 0 Å². The lowest BCUT2D eigenvalue weighted by atomic mass is 10.1. The molecule has 0 saturated heterocycles. The number of unbranched alkanes of at least 4 members (excludes halogenated alkanes) is 1. The van der Waals surface area contributed by atoms with E-state index in [1.165, 1.54) is 37.3 Å². The first-order valence-electron chi connectivity index (χ1n) is 13.2. The predicted molar refractivity (Wildman–Crippen MR) is 163 cm³/mol. The van der Waals surface area contributed by atoms with E-state index in [9.17, 15) is 18.0 Å². The first kappa shape index (κ1) is 32.0. The molecule has 0 aromatic heterocycles. The summed E-state index contributed by atoms with van der Waals surface area (Å²) in [5.74, 6) is -0.231. The van der Waals surface area contributed by atoms with Crippen molar-refractivity contribution in [3.8, 4) is 11.5 Å². The molecule has 11 heteroatoms. The Kier molecular flexibility index (Phi) is 11.6. The van der Waals surface area contributed by atoms with Crippen LogP contribution in [0.3, 0.4) is 0 Å². The van der Waals surface area contributed by atoms with Crippen molar-refractivity contribution < 1.29 is 27.5 Å². The third-order valence-electron chi connectivity index (χ3n) is 6.50. The largest absolute Gasteiger partial charge is 0.493 e. The van der Waals surface area contributed by atoms with Crippen molar-refractivity contribution in [2.75, 3.05) is 31.6 Å². The molecule has 3 aromatic carbocycles. The average molecular weight is 647 g/mol. The third kappa shape index (κ3) is 8.23. The molecule has 0 heterocycles. The van der Waals surface area contributed by atoms with Crippen LogP contribution in [-0.4, -0.2) is 58.5 Å². The van der Waals surface area contributed by atoms with Crippen molar-refractivity contribution in [1.82, 2.24) is 10.2 Å². The molecule has 0 bridgehead atoms. The number of amides is 2. The summed E-state index contributed by atoms with van der Waals surface area (Å²) in [6.07, 6.45) is 1.72. The van der Waals surface area contributed by atoms with Crippen LogP contribution in [0.4, 0.5) is 5.69 Å². The average Bonchev–Trinajstić information content (AvgIpc) is 2.98. The number of nitrogens with one attached hydrogen (secondary N) is 1. The van der Waals surface area contributed by atoms with E-state index >= 15 is 0 Å². The minimum Gasteiger partial charge on any atom is -0.493 e. The van der Waals surface area contributed by atoms with Gasteiger partial charge in [0.15, 0.2) is 11.5 Å². The second-order valence-corrected chi connectivity index (χ2v) is 12.1. The summed E-state index contributed by atoms with van der Waals surface area (Å²) in [5.41, 5.74) is 1.09. The van der Waals surface area contributed by atoms with E-state index in [1.54, 1.807) is 37.3 Å². The molecule has 41 heavy (non-hydrogen) atoms. The van der Waals surface area contributed by atoms with Crippen molar-refractivity contribution in [1.29, 1.82) is 0 Å². The second kappa shape index (κ2) is 14.9. The topological polar surface area (TPSA) is 105 Å². The fourth-order valence-electron chi connectivity index (χ4n) is 4.18. The molecule has 0 aliphatic heterocycles. The molecule has 220 valence electrons. The summed E-state index contributed by atoms with van der Waals surface area (Å²) < 4.78 is 40.5. The maximum atomic E-state index is 14.0. The van der Waals surface area contributed by atoms with Crippen LogP contribution in [0.25, 0.3) is 0 Å². The zero-order chi connectivity index (χ0) is 30.0. The van der Waals surface area contributed by atoms with Gasteiger partial charge in [0.1, 0.15) is 12.6 Å². The highest BCUT2D eigenvalue weighted by Crippen LogP contribution is 2.32. The Morgan fingerprint density at radius 2 is 1.66 bits per heavy atom. The van der Waals surface area contributed by atoms with Crippen molar-refractivity contribution in [3.05, 3.63) is 82.8 Å². The molecule has 0 saturated carbocycles. The van der Waals surface area contributed by atoms with Crippen LogP contribution < -0.4 is 19.1 Å². The summed E-state index contributed by atoms with van der Waals surface area (Å²) in [6.45, 7) is 3.74. The Labute approximate surface area is 250 Å². The van der Waals surface area contributed by atoms with Crippen molar-refractivity contribution in [3.63, 3.8) is 0 Å². The molecule has 0 aliphatic carbocycles. The van der Waals surface area contributed by atoms with Gasteiger partial charge in [-0.15, -0.1) is 0 Å². The molecule has 0 fully saturated rings. The van der Waals surface area contributed by atoms with Gasteiger partial charge >= 0.3 is 0 Å². The maximum Gasteiger partial charge on any atom is 0.264 e. The Bertz CT molecular complexity index is 1440. The van der Waals surface area contributed by atoms with Crippen LogP contribution in [0.5, 0.6) is 11.5 Å². The summed E-state index contributed by atoms with van der Waals surface area (Å²) in [4.78, 5) is 28.4. The van der Waals surface area contributed by atoms with Gasteiger partial charge in [-0.3, -0.25) is 13.9 Å². The Balaban J connectivity index is 2.01. The predicted octanol–water partition coefficient (Wildman–Crippen LogP) is 5.00. The number of halogens is 1. The van der Waals surface area contributed by atoms with Gasteiger partial charge in [-0.05, 0) is 55.3 Å². The number of ether oxygens (including phenoxy) is 2. The van der Waals surface area contributed by atoms with E-state index in [-0.39, 0.29) is 23.1 Å². The normalized spacial score (nSPS) is 11.8. The fourth-order valence-corrected chi connectivity index (χ4v) is 6.05. The van der Waals surface area contributed by atoms with Gasteiger partial charge in [-0.1, -0.05) is 59.6 Å². The number of anilines is 1. The standard InChI is InChI=1S/C30H36BrN3O6S/c1-5-6-17-32-30(36)22(2)33(20-23-11-10-12-24(31)18-23)29(35)21-34(25-13-8-7-9-14-25)41(37,38)26-15-16-27(39-3)28(19-26)40-4/h7-16,18-19,22H,5-6,17,20-21H2,1-4H3,(H,32,36). The van der Waals surface area contributed by atoms with Gasteiger partial charge in [0.25, 0.3) is 10.0 Å². The van der Waals surface area contributed by atoms with E-state index < -0.39 is 28.5 Å². The van der Waals surface area contributed by atoms with E-state index in [2.05, 4.69) is 21.2 Å². The highest BCUT2D eigenvalue weighted by Gasteiger charge is 2.33. The van der Waals surface area contributed by atoms with Crippen LogP contribution in [0.1, 0.15) is 32.3 Å². The summed E-state index contributed by atoms with van der Waals surface area (Å²) in [6, 6.07) is 19.2. The molecule has 0 aliphatic rings. The van der Waals surface area contributed by atoms with Gasteiger partial charge in [0.2, 0.25) is 11.8 Å². The molecule has 9 nitrogen and oxygen atoms in total. The van der Waals surface area contributed by atoms with Gasteiger partial charge < -0.3 is 19.7 Å². The van der Waals surface area contributed by atoms with E-state index in [4.69, 9.17) is 9.47 Å². The molecule has 0 radical (unpaired) electrons. The zero-order valence-electron chi connectivity index (χ0n) is 23.7. The molecular weight excluding hydrogens is 610 g/mol. The summed E-state index contributed by atoms with van der Waals surface area (Å²) in [5, 5.41) is 2.88. The monoisotopic (exact) mass is 645 g/mol. The highest BCUT2D eigenvalue weighted by molar-refractivity contribution is 9.10. The Morgan fingerprint density at radius 1 is 0.951 bits per heavy atom. The first-order valence-corrected chi connectivity index (χ1v) is 15.5. The number of nitrogens with zero attached hydrogens (tertiary/aromatic N) is 2. The highest BCUT2D eigenvalue weighted by atomic mass is 79.9. The van der Waals surface area contributed by atoms with Crippen molar-refractivity contribution >= 4 is 43.5 Å². The molecule has 3 aromatic rings. The van der Waals surface area contributed by atoms with Gasteiger partial charge in [-0.2, -0.15) is 0 Å². The van der Waals surface area contributed by atoms with Gasteiger partial charge in [-0.25, -0.2) is 8.42 Å². The molecule has 1 atom stereocenters. The van der Waals surface area contributed by atoms with Crippen LogP contribution in [0.2, 0.25) is 0 Å². The number of benzene rings is 3. The van der Waals surface area contributed by atoms with E-state index in [0.717, 1.165) is 27.2 Å². The summed E-state index contributed by atoms with van der Waals surface area (Å²) >= 11 is 3.45. The lowest BCUT2D eigenvalue weighted by Crippen LogP contribution is -2.51. The van der Waals surface area contributed by atoms with Crippen LogP contribution >= 0.6 is 15.9 Å². The number of hydrogen-bond donors (Lipinski definition) is 1. The van der Waals surface area contributed by atoms with Gasteiger partial charge in [0.05, 0.1) is 24.8 Å². The van der Waals surface area contributed by atoms with Crippen LogP contribution in [0, 0.1) is 0 Å². The molecule has 1 unspecified atom stereocenters. The number of rotatable bonds is 14. The Hall–Kier alpha value is -3.57. The number of sulfonamides is 1. The number of carbonyl (C=O) groups excluding carboxylic acids is 2. The molecule has 0 spiro atoms. The van der Waals surface area contributed by atoms with Crippen LogP contribution in [-0.2, 0) is 26.2 Å². The molecule has 2 amide bonds. The third-order valence-corrected chi connectivity index (χ3v) is 8.77. The van der Waals surface area contributed by atoms with E-state index in [1.807, 2.05) is 31.2 Å². The summed E-state index contributed by atoms with van der Waals surface area (Å²) in [7, 11) is -1.37. The number of methoxy groups -OCH3 is 2. The van der Waals surface area contributed by atoms with Crippen LogP contribution in [0.15, 0.2) is 82.2 Å². The van der Waals surface area contributed by atoms with E-state index in [0.29, 0.717) is 18.0 Å². The first-order chi connectivity index (χ1) is 19.6. The lowest BCUT2D eigenvalue weighted by Gasteiger charge is -2.32. The zero-order valence-corrected chi connectivity index (χ0v) is 26.1. The number of carbonyl (C=O) groups is 2. The van der Waals surface area contributed by atoms with Gasteiger partial charge in [0, 0.05) is 23.6 Å². The SMILES string of the molecule is CCCCNC(=O)C(C)N(Cc1cccc(Br)c1)C(=O)CN(c1ccccc1)S(=O)(=O)c1ccc(OC)c(OC)c1. The number of para-hydroxylation sites is 1. The fraction of sp³-hybridized carbons (Fsp3) is 0.333. The molecular formula is C30H36BrN3O6S. The smallest absolute Gasteiger partial charge is 0.264 e. The molecule has 3 rings (SSSR count). The Morgan fingerprint density at radius 3 is 2.29 bits per heavy atom. The maximum absolute atomic E-state index is 14.0. The van der Waals surface area contributed by atoms with Crippen molar-refractivity contribution in [2.45, 2.75) is 44.2 Å². The second-order valence-electron chi connectivity index (χ2n) is 9.34. The minimum absolute atomic E-state index is 0.0734. The minimum atomic E-state index is -4.24. The lowest BCUT2D eigenvalue weighted by molar-refractivity contribution is -0.139.